The molecule has 0 aliphatic heterocycles. The van der Waals surface area contributed by atoms with Gasteiger partial charge in [-0.1, -0.05) is 13.8 Å². The number of benzene rings is 1. The second-order valence-corrected chi connectivity index (χ2v) is 5.08. The van der Waals surface area contributed by atoms with Crippen molar-refractivity contribution in [1.82, 2.24) is 0 Å². The van der Waals surface area contributed by atoms with E-state index in [4.69, 9.17) is 14.6 Å². The Morgan fingerprint density at radius 1 is 1.10 bits per heavy atom. The van der Waals surface area contributed by atoms with Crippen LogP contribution in [0.2, 0.25) is 0 Å². The predicted molar refractivity (Wildman–Crippen MR) is 83.9 cm³/mol. The Labute approximate surface area is 126 Å². The van der Waals surface area contributed by atoms with Crippen molar-refractivity contribution < 1.29 is 19.4 Å². The minimum absolute atomic E-state index is 0.0974. The van der Waals surface area contributed by atoms with Crippen LogP contribution in [-0.2, 0) is 4.79 Å². The van der Waals surface area contributed by atoms with Crippen LogP contribution in [0, 0.1) is 0 Å². The Hall–Kier alpha value is -1.97. The lowest BCUT2D eigenvalue weighted by Crippen LogP contribution is -2.12. The number of hydrogen-bond acceptors (Lipinski definition) is 3. The Morgan fingerprint density at radius 2 is 1.57 bits per heavy atom. The van der Waals surface area contributed by atoms with E-state index in [0.29, 0.717) is 11.5 Å². The predicted octanol–water partition coefficient (Wildman–Crippen LogP) is 4.14. The lowest BCUT2D eigenvalue weighted by Gasteiger charge is -2.17. The lowest BCUT2D eigenvalue weighted by molar-refractivity contribution is -0.131. The molecule has 0 amide bonds. The molecule has 0 bridgehead atoms. The van der Waals surface area contributed by atoms with Gasteiger partial charge in [0.1, 0.15) is 11.5 Å². The van der Waals surface area contributed by atoms with Gasteiger partial charge in [0.15, 0.2) is 0 Å². The van der Waals surface area contributed by atoms with E-state index in [2.05, 4.69) is 13.8 Å². The second kappa shape index (κ2) is 8.35. The molecule has 0 spiro atoms. The normalized spacial score (nSPS) is 13.9. The van der Waals surface area contributed by atoms with Gasteiger partial charge in [0.25, 0.3) is 0 Å². The van der Waals surface area contributed by atoms with E-state index in [-0.39, 0.29) is 12.2 Å². The summed E-state index contributed by atoms with van der Waals surface area (Å²) in [6.45, 7) is 8.09. The van der Waals surface area contributed by atoms with Crippen LogP contribution in [0.1, 0.15) is 46.1 Å². The van der Waals surface area contributed by atoms with Crippen LogP contribution >= 0.6 is 0 Å². The first-order valence-corrected chi connectivity index (χ1v) is 7.34. The second-order valence-electron chi connectivity index (χ2n) is 5.08. The Bertz CT molecular complexity index is 463. The molecule has 4 heteroatoms. The third-order valence-corrected chi connectivity index (χ3v) is 3.15. The zero-order valence-electron chi connectivity index (χ0n) is 13.1. The molecule has 1 aromatic rings. The van der Waals surface area contributed by atoms with Gasteiger partial charge in [-0.2, -0.15) is 0 Å². The number of carboxylic acids is 1. The Balaban J connectivity index is 3.03. The summed E-state index contributed by atoms with van der Waals surface area (Å²) in [4.78, 5) is 10.6. The maximum absolute atomic E-state index is 10.6. The van der Waals surface area contributed by atoms with E-state index < -0.39 is 5.97 Å². The highest BCUT2D eigenvalue weighted by molar-refractivity contribution is 5.85. The summed E-state index contributed by atoms with van der Waals surface area (Å²) in [5.74, 6) is 0.401. The molecule has 0 heterocycles. The standard InChI is InChI=1S/C17H24O4/c1-5-12(3)20-15-9-14(7-8-17(18)19)10-16(11-15)21-13(4)6-2/h7-13H,5-6H2,1-4H3,(H,18,19)/b8-7+. The van der Waals surface area contributed by atoms with Crippen LogP contribution in [0.3, 0.4) is 0 Å². The van der Waals surface area contributed by atoms with Gasteiger partial charge in [-0.05, 0) is 50.5 Å². The molecule has 4 nitrogen and oxygen atoms in total. The highest BCUT2D eigenvalue weighted by atomic mass is 16.5. The smallest absolute Gasteiger partial charge is 0.328 e. The summed E-state index contributed by atoms with van der Waals surface area (Å²) in [5.41, 5.74) is 0.747. The molecule has 1 N–H and O–H groups in total. The summed E-state index contributed by atoms with van der Waals surface area (Å²) in [5, 5.41) is 8.73. The van der Waals surface area contributed by atoms with Crippen molar-refractivity contribution in [3.63, 3.8) is 0 Å². The molecule has 0 saturated carbocycles. The van der Waals surface area contributed by atoms with Gasteiger partial charge in [-0.3, -0.25) is 0 Å². The summed E-state index contributed by atoms with van der Waals surface area (Å²) < 4.78 is 11.6. The average molecular weight is 292 g/mol. The van der Waals surface area contributed by atoms with Crippen molar-refractivity contribution in [3.05, 3.63) is 29.8 Å². The minimum atomic E-state index is -0.979. The van der Waals surface area contributed by atoms with Crippen LogP contribution in [-0.4, -0.2) is 23.3 Å². The van der Waals surface area contributed by atoms with Gasteiger partial charge in [0.05, 0.1) is 12.2 Å². The van der Waals surface area contributed by atoms with Crippen molar-refractivity contribution in [2.75, 3.05) is 0 Å². The van der Waals surface area contributed by atoms with Gasteiger partial charge >= 0.3 is 5.97 Å². The van der Waals surface area contributed by atoms with Gasteiger partial charge in [-0.25, -0.2) is 4.79 Å². The molecule has 21 heavy (non-hydrogen) atoms. The molecular formula is C17H24O4. The monoisotopic (exact) mass is 292 g/mol. The molecule has 2 unspecified atom stereocenters. The number of aliphatic carboxylic acids is 1. The van der Waals surface area contributed by atoms with E-state index in [9.17, 15) is 4.79 Å². The van der Waals surface area contributed by atoms with Crippen molar-refractivity contribution in [2.24, 2.45) is 0 Å². The van der Waals surface area contributed by atoms with Gasteiger partial charge in [-0.15, -0.1) is 0 Å². The van der Waals surface area contributed by atoms with Crippen molar-refractivity contribution in [2.45, 2.75) is 52.7 Å². The number of carbonyl (C=O) groups is 1. The third kappa shape index (κ3) is 6.34. The van der Waals surface area contributed by atoms with Crippen molar-refractivity contribution >= 4 is 12.0 Å². The zero-order chi connectivity index (χ0) is 15.8. The fourth-order valence-corrected chi connectivity index (χ4v) is 1.62. The topological polar surface area (TPSA) is 55.8 Å². The maximum atomic E-state index is 10.6. The molecule has 0 aromatic heterocycles. The Kier molecular flexibility index (Phi) is 6.79. The number of carboxylic acid groups (broad SMARTS) is 1. The molecule has 0 saturated heterocycles. The molecule has 1 aromatic carbocycles. The van der Waals surface area contributed by atoms with E-state index in [1.54, 1.807) is 0 Å². The van der Waals surface area contributed by atoms with Crippen molar-refractivity contribution in [1.29, 1.82) is 0 Å². The van der Waals surface area contributed by atoms with Crippen molar-refractivity contribution in [3.8, 4) is 11.5 Å². The van der Waals surface area contributed by atoms with Gasteiger partial charge in [0.2, 0.25) is 0 Å². The summed E-state index contributed by atoms with van der Waals surface area (Å²) in [6, 6.07) is 5.47. The number of hydrogen-bond donors (Lipinski definition) is 1. The summed E-state index contributed by atoms with van der Waals surface area (Å²) in [6.07, 6.45) is 4.64. The largest absolute Gasteiger partial charge is 0.491 e. The fourth-order valence-electron chi connectivity index (χ4n) is 1.62. The molecule has 0 aliphatic carbocycles. The molecule has 116 valence electrons. The highest BCUT2D eigenvalue weighted by Crippen LogP contribution is 2.26. The van der Waals surface area contributed by atoms with Gasteiger partial charge in [0, 0.05) is 12.1 Å². The third-order valence-electron chi connectivity index (χ3n) is 3.15. The van der Waals surface area contributed by atoms with E-state index in [1.165, 1.54) is 6.08 Å². The van der Waals surface area contributed by atoms with E-state index >= 15 is 0 Å². The zero-order valence-corrected chi connectivity index (χ0v) is 13.1. The maximum Gasteiger partial charge on any atom is 0.328 e. The molecule has 0 fully saturated rings. The minimum Gasteiger partial charge on any atom is -0.491 e. The molecule has 0 radical (unpaired) electrons. The summed E-state index contributed by atoms with van der Waals surface area (Å²) in [7, 11) is 0. The van der Waals surface area contributed by atoms with Crippen LogP contribution in [0.15, 0.2) is 24.3 Å². The van der Waals surface area contributed by atoms with Crippen LogP contribution in [0.5, 0.6) is 11.5 Å². The lowest BCUT2D eigenvalue weighted by atomic mass is 10.1. The SMILES string of the molecule is CCC(C)Oc1cc(/C=C/C(=O)O)cc(OC(C)CC)c1. The number of ether oxygens (including phenoxy) is 2. The molecular weight excluding hydrogens is 268 g/mol. The molecule has 2 atom stereocenters. The molecule has 0 aliphatic rings. The summed E-state index contributed by atoms with van der Waals surface area (Å²) >= 11 is 0. The Morgan fingerprint density at radius 3 is 1.95 bits per heavy atom. The first-order valence-electron chi connectivity index (χ1n) is 7.34. The fraction of sp³-hybridized carbons (Fsp3) is 0.471. The average Bonchev–Trinajstić information content (AvgIpc) is 2.44. The van der Waals surface area contributed by atoms with E-state index in [1.807, 2.05) is 32.0 Å². The van der Waals surface area contributed by atoms with Gasteiger partial charge < -0.3 is 14.6 Å². The first kappa shape index (κ1) is 17.1. The van der Waals surface area contributed by atoms with E-state index in [0.717, 1.165) is 24.5 Å². The number of rotatable bonds is 8. The van der Waals surface area contributed by atoms with Crippen LogP contribution < -0.4 is 9.47 Å². The van der Waals surface area contributed by atoms with Crippen LogP contribution in [0.25, 0.3) is 6.08 Å². The first-order chi connectivity index (χ1) is 9.94. The molecule has 1 rings (SSSR count). The highest BCUT2D eigenvalue weighted by Gasteiger charge is 2.07. The van der Waals surface area contributed by atoms with Crippen LogP contribution in [0.4, 0.5) is 0 Å². The quantitative estimate of drug-likeness (QED) is 0.732.